The first-order chi connectivity index (χ1) is 9.16. The number of hydrogen-bond donors (Lipinski definition) is 0. The Morgan fingerprint density at radius 2 is 1.79 bits per heavy atom. The fraction of sp³-hybridized carbons (Fsp3) is 0.0625. The van der Waals surface area contributed by atoms with Crippen LogP contribution in [0.15, 0.2) is 62.2 Å². The molecule has 0 N–H and O–H groups in total. The first kappa shape index (κ1) is 12.2. The molecular weight excluding hydrogens is 304 g/mol. The van der Waals surface area contributed by atoms with Crippen molar-refractivity contribution >= 4 is 26.9 Å². The number of halogens is 1. The molecule has 0 aliphatic heterocycles. The van der Waals surface area contributed by atoms with Crippen LogP contribution in [0.25, 0.3) is 22.3 Å². The SMILES string of the molecule is Cc1c(-c2ccccc2)oc2ccc(Br)cc2c1=O. The minimum Gasteiger partial charge on any atom is -0.456 e. The van der Waals surface area contributed by atoms with Crippen molar-refractivity contribution in [3.8, 4) is 11.3 Å². The van der Waals surface area contributed by atoms with Gasteiger partial charge in [-0.05, 0) is 25.1 Å². The second kappa shape index (κ2) is 4.67. The maximum Gasteiger partial charge on any atom is 0.196 e. The summed E-state index contributed by atoms with van der Waals surface area (Å²) >= 11 is 3.37. The van der Waals surface area contributed by atoms with Gasteiger partial charge in [0, 0.05) is 15.6 Å². The van der Waals surface area contributed by atoms with Gasteiger partial charge in [-0.25, -0.2) is 0 Å². The lowest BCUT2D eigenvalue weighted by atomic mass is 10.1. The van der Waals surface area contributed by atoms with Crippen molar-refractivity contribution in [2.75, 3.05) is 0 Å². The van der Waals surface area contributed by atoms with Gasteiger partial charge in [-0.1, -0.05) is 46.3 Å². The topological polar surface area (TPSA) is 30.2 Å². The largest absolute Gasteiger partial charge is 0.456 e. The predicted molar refractivity (Wildman–Crippen MR) is 80.4 cm³/mol. The summed E-state index contributed by atoms with van der Waals surface area (Å²) < 4.78 is 6.77. The van der Waals surface area contributed by atoms with Crippen molar-refractivity contribution in [3.63, 3.8) is 0 Å². The van der Waals surface area contributed by atoms with Gasteiger partial charge in [0.1, 0.15) is 11.3 Å². The minimum atomic E-state index is 0.0152. The van der Waals surface area contributed by atoms with Crippen molar-refractivity contribution in [2.45, 2.75) is 6.92 Å². The second-order valence-electron chi connectivity index (χ2n) is 4.39. The summed E-state index contributed by atoms with van der Waals surface area (Å²) in [5, 5.41) is 0.603. The molecule has 0 atom stereocenters. The molecule has 0 amide bonds. The highest BCUT2D eigenvalue weighted by Gasteiger charge is 2.12. The number of hydrogen-bond acceptors (Lipinski definition) is 2. The summed E-state index contributed by atoms with van der Waals surface area (Å²) in [6.45, 7) is 1.80. The number of fused-ring (bicyclic) bond motifs is 1. The highest BCUT2D eigenvalue weighted by Crippen LogP contribution is 2.26. The average Bonchev–Trinajstić information content (AvgIpc) is 2.44. The fourth-order valence-corrected chi connectivity index (χ4v) is 2.49. The third kappa shape index (κ3) is 2.10. The van der Waals surface area contributed by atoms with Gasteiger partial charge in [0.25, 0.3) is 0 Å². The Kier molecular flexibility index (Phi) is 2.99. The monoisotopic (exact) mass is 314 g/mol. The normalized spacial score (nSPS) is 10.8. The first-order valence-corrected chi connectivity index (χ1v) is 6.74. The third-order valence-corrected chi connectivity index (χ3v) is 3.61. The zero-order valence-corrected chi connectivity index (χ0v) is 11.9. The molecule has 94 valence electrons. The van der Waals surface area contributed by atoms with Crippen LogP contribution >= 0.6 is 15.9 Å². The second-order valence-corrected chi connectivity index (χ2v) is 5.31. The van der Waals surface area contributed by atoms with Crippen LogP contribution in [-0.4, -0.2) is 0 Å². The van der Waals surface area contributed by atoms with E-state index in [1.54, 1.807) is 13.0 Å². The van der Waals surface area contributed by atoms with E-state index < -0.39 is 0 Å². The van der Waals surface area contributed by atoms with Gasteiger partial charge in [-0.2, -0.15) is 0 Å². The number of rotatable bonds is 1. The van der Waals surface area contributed by atoms with Crippen molar-refractivity contribution in [3.05, 3.63) is 68.8 Å². The van der Waals surface area contributed by atoms with Crippen LogP contribution < -0.4 is 5.43 Å². The van der Waals surface area contributed by atoms with Crippen LogP contribution in [0.2, 0.25) is 0 Å². The molecular formula is C16H11BrO2. The molecule has 1 heterocycles. The van der Waals surface area contributed by atoms with E-state index in [9.17, 15) is 4.79 Å². The summed E-state index contributed by atoms with van der Waals surface area (Å²) in [7, 11) is 0. The summed E-state index contributed by atoms with van der Waals surface area (Å²) in [5.74, 6) is 0.639. The average molecular weight is 315 g/mol. The smallest absolute Gasteiger partial charge is 0.196 e. The van der Waals surface area contributed by atoms with Crippen LogP contribution in [-0.2, 0) is 0 Å². The van der Waals surface area contributed by atoms with Gasteiger partial charge in [0.15, 0.2) is 5.43 Å². The standard InChI is InChI=1S/C16H11BrO2/c1-10-15(18)13-9-12(17)7-8-14(13)19-16(10)11-5-3-2-4-6-11/h2-9H,1H3. The third-order valence-electron chi connectivity index (χ3n) is 3.12. The van der Waals surface area contributed by atoms with Crippen molar-refractivity contribution in [2.24, 2.45) is 0 Å². The highest BCUT2D eigenvalue weighted by atomic mass is 79.9. The molecule has 0 unspecified atom stereocenters. The van der Waals surface area contributed by atoms with E-state index in [0.717, 1.165) is 10.0 Å². The lowest BCUT2D eigenvalue weighted by Gasteiger charge is -2.07. The van der Waals surface area contributed by atoms with Gasteiger partial charge in [-0.15, -0.1) is 0 Å². The summed E-state index contributed by atoms with van der Waals surface area (Å²) in [5.41, 5.74) is 2.18. The van der Waals surface area contributed by atoms with Gasteiger partial charge >= 0.3 is 0 Å². The molecule has 0 bridgehead atoms. The highest BCUT2D eigenvalue weighted by molar-refractivity contribution is 9.10. The van der Waals surface area contributed by atoms with E-state index in [2.05, 4.69) is 15.9 Å². The van der Waals surface area contributed by atoms with Crippen LogP contribution in [0.5, 0.6) is 0 Å². The first-order valence-electron chi connectivity index (χ1n) is 5.95. The Bertz CT molecular complexity index is 804. The Morgan fingerprint density at radius 1 is 1.05 bits per heavy atom. The van der Waals surface area contributed by atoms with E-state index >= 15 is 0 Å². The van der Waals surface area contributed by atoms with Crippen LogP contribution in [0.1, 0.15) is 5.56 Å². The molecule has 0 spiro atoms. The zero-order valence-electron chi connectivity index (χ0n) is 10.3. The van der Waals surface area contributed by atoms with Gasteiger partial charge in [-0.3, -0.25) is 4.79 Å². The van der Waals surface area contributed by atoms with E-state index in [-0.39, 0.29) is 5.43 Å². The Hall–Kier alpha value is -1.87. The maximum atomic E-state index is 12.4. The molecule has 2 nitrogen and oxygen atoms in total. The van der Waals surface area contributed by atoms with Gasteiger partial charge < -0.3 is 4.42 Å². The molecule has 0 saturated carbocycles. The molecule has 0 saturated heterocycles. The molecule has 3 aromatic rings. The van der Waals surface area contributed by atoms with E-state index in [1.165, 1.54) is 0 Å². The number of benzene rings is 2. The van der Waals surface area contributed by atoms with Crippen LogP contribution in [0.4, 0.5) is 0 Å². The summed E-state index contributed by atoms with van der Waals surface area (Å²) in [6, 6.07) is 15.2. The molecule has 3 rings (SSSR count). The molecule has 0 fully saturated rings. The Labute approximate surface area is 118 Å². The maximum absolute atomic E-state index is 12.4. The van der Waals surface area contributed by atoms with Gasteiger partial charge in [0.2, 0.25) is 0 Å². The quantitative estimate of drug-likeness (QED) is 0.660. The Balaban J connectivity index is 2.37. The van der Waals surface area contributed by atoms with Crippen LogP contribution in [0, 0.1) is 6.92 Å². The van der Waals surface area contributed by atoms with Crippen molar-refractivity contribution < 1.29 is 4.42 Å². The van der Waals surface area contributed by atoms with Crippen LogP contribution in [0.3, 0.4) is 0 Å². The molecule has 0 aliphatic rings. The fourth-order valence-electron chi connectivity index (χ4n) is 2.13. The molecule has 2 aromatic carbocycles. The van der Waals surface area contributed by atoms with E-state index in [4.69, 9.17) is 4.42 Å². The molecule has 0 aliphatic carbocycles. The van der Waals surface area contributed by atoms with Crippen molar-refractivity contribution in [1.29, 1.82) is 0 Å². The van der Waals surface area contributed by atoms with E-state index in [0.29, 0.717) is 22.3 Å². The molecule has 1 aromatic heterocycles. The molecule has 19 heavy (non-hydrogen) atoms. The lowest BCUT2D eigenvalue weighted by molar-refractivity contribution is 0.614. The minimum absolute atomic E-state index is 0.0152. The Morgan fingerprint density at radius 3 is 2.53 bits per heavy atom. The lowest BCUT2D eigenvalue weighted by Crippen LogP contribution is -2.07. The summed E-state index contributed by atoms with van der Waals surface area (Å²) in [6.07, 6.45) is 0. The molecule has 0 radical (unpaired) electrons. The van der Waals surface area contributed by atoms with Crippen molar-refractivity contribution in [1.82, 2.24) is 0 Å². The predicted octanol–water partition coefficient (Wildman–Crippen LogP) is 4.53. The van der Waals surface area contributed by atoms with Gasteiger partial charge in [0.05, 0.1) is 5.39 Å². The van der Waals surface area contributed by atoms with E-state index in [1.807, 2.05) is 42.5 Å². The zero-order chi connectivity index (χ0) is 13.4. The molecule has 3 heteroatoms. The summed E-state index contributed by atoms with van der Waals surface area (Å²) in [4.78, 5) is 12.4.